The second kappa shape index (κ2) is 7.48. The quantitative estimate of drug-likeness (QED) is 0.551. The van der Waals surface area contributed by atoms with E-state index >= 15 is 0 Å². The molecule has 0 saturated carbocycles. The van der Waals surface area contributed by atoms with Crippen LogP contribution >= 0.6 is 0 Å². The molecule has 0 atom stereocenters. The van der Waals surface area contributed by atoms with Gasteiger partial charge in [-0.3, -0.25) is 0 Å². The zero-order valence-electron chi connectivity index (χ0n) is 8.49. The van der Waals surface area contributed by atoms with Gasteiger partial charge in [0, 0.05) is 0 Å². The van der Waals surface area contributed by atoms with E-state index in [4.69, 9.17) is 0 Å². The van der Waals surface area contributed by atoms with Gasteiger partial charge in [-0.2, -0.15) is 0 Å². The maximum absolute atomic E-state index is 12.0. The van der Waals surface area contributed by atoms with E-state index in [1.54, 1.807) is 4.90 Å². The van der Waals surface area contributed by atoms with E-state index in [9.17, 15) is 12.9 Å². The number of likely N-dealkylation sites (N-methyl/N-ethyl adjacent to an activating group) is 1. The van der Waals surface area contributed by atoms with Crippen molar-refractivity contribution in [1.29, 1.82) is 0 Å². The molecule has 0 aliphatic rings. The first-order valence-electron chi connectivity index (χ1n) is 4.01. The van der Waals surface area contributed by atoms with Crippen LogP contribution < -0.4 is 51.4 Å². The Kier molecular flexibility index (Phi) is 9.56. The minimum Gasteiger partial charge on any atom is -0.445 e. The zero-order chi connectivity index (χ0) is 9.78. The van der Waals surface area contributed by atoms with Crippen LogP contribution in [-0.4, -0.2) is 31.5 Å². The van der Waals surface area contributed by atoms with Crippen molar-refractivity contribution in [3.63, 3.8) is 0 Å². The molecule has 0 fully saturated rings. The number of nitrogens with zero attached hydrogens (tertiary/aromatic N) is 1. The number of hydrogen-bond donors (Lipinski definition) is 0. The Balaban J connectivity index is 0. The van der Waals surface area contributed by atoms with Gasteiger partial charge in [-0.25, -0.2) is 0 Å². The standard InChI is InChI=1S/C7H14BF3N.K/c1-4-12(5-2)6-7(3)8(9,10)11;/h3-6H2,1-2H3;/q-1;+1. The Labute approximate surface area is 120 Å². The summed E-state index contributed by atoms with van der Waals surface area (Å²) in [5.74, 6) is 0. The molecule has 0 spiro atoms. The third-order valence-electron chi connectivity index (χ3n) is 1.78. The fraction of sp³-hybridized carbons (Fsp3) is 0.714. The van der Waals surface area contributed by atoms with Crippen LogP contribution in [-0.2, 0) is 0 Å². The summed E-state index contributed by atoms with van der Waals surface area (Å²) in [5.41, 5.74) is -0.612. The summed E-state index contributed by atoms with van der Waals surface area (Å²) in [4.78, 5) is 1.69. The molecular weight excluding hydrogens is 205 g/mol. The van der Waals surface area contributed by atoms with Gasteiger partial charge in [-0.15, -0.1) is 12.1 Å². The molecule has 0 heterocycles. The van der Waals surface area contributed by atoms with E-state index in [-0.39, 0.29) is 57.9 Å². The van der Waals surface area contributed by atoms with Crippen LogP contribution in [0.2, 0.25) is 0 Å². The predicted molar refractivity (Wildman–Crippen MR) is 46.0 cm³/mol. The summed E-state index contributed by atoms with van der Waals surface area (Å²) in [6.45, 7) is 3.03. The third kappa shape index (κ3) is 7.16. The van der Waals surface area contributed by atoms with E-state index in [1.807, 2.05) is 13.8 Å². The maximum atomic E-state index is 12.0. The summed E-state index contributed by atoms with van der Waals surface area (Å²) >= 11 is 0. The Morgan fingerprint density at radius 1 is 1.23 bits per heavy atom. The van der Waals surface area contributed by atoms with Gasteiger partial charge in [-0.1, -0.05) is 13.8 Å². The first kappa shape index (κ1) is 16.6. The van der Waals surface area contributed by atoms with Gasteiger partial charge in [0.15, 0.2) is 0 Å². The van der Waals surface area contributed by atoms with Gasteiger partial charge in [0.1, 0.15) is 0 Å². The molecule has 0 N–H and O–H groups in total. The molecule has 0 amide bonds. The molecule has 0 radical (unpaired) electrons. The van der Waals surface area contributed by atoms with Gasteiger partial charge in [-0.05, 0) is 19.6 Å². The molecule has 13 heavy (non-hydrogen) atoms. The van der Waals surface area contributed by atoms with E-state index in [0.717, 1.165) is 0 Å². The second-order valence-corrected chi connectivity index (χ2v) is 2.69. The van der Waals surface area contributed by atoms with Crippen LogP contribution in [0, 0.1) is 0 Å². The van der Waals surface area contributed by atoms with E-state index in [1.165, 1.54) is 0 Å². The van der Waals surface area contributed by atoms with Crippen molar-refractivity contribution in [3.05, 3.63) is 12.1 Å². The van der Waals surface area contributed by atoms with Crippen molar-refractivity contribution in [2.45, 2.75) is 13.8 Å². The fourth-order valence-corrected chi connectivity index (χ4v) is 0.838. The molecule has 0 aromatic carbocycles. The molecule has 0 aromatic heterocycles. The average molecular weight is 219 g/mol. The van der Waals surface area contributed by atoms with Crippen LogP contribution in [0.25, 0.3) is 0 Å². The van der Waals surface area contributed by atoms with Crippen molar-refractivity contribution in [1.82, 2.24) is 4.90 Å². The monoisotopic (exact) mass is 219 g/mol. The van der Waals surface area contributed by atoms with Gasteiger partial charge in [0.25, 0.3) is 0 Å². The van der Waals surface area contributed by atoms with Crippen LogP contribution in [0.1, 0.15) is 13.8 Å². The summed E-state index contributed by atoms with van der Waals surface area (Å²) in [5, 5.41) is 0. The zero-order valence-corrected chi connectivity index (χ0v) is 11.6. The summed E-state index contributed by atoms with van der Waals surface area (Å²) < 4.78 is 36.1. The first-order valence-corrected chi connectivity index (χ1v) is 4.01. The molecule has 0 rings (SSSR count). The summed E-state index contributed by atoms with van der Waals surface area (Å²) in [6.07, 6.45) is 0. The SMILES string of the molecule is C=C(CN(CC)CC)[B-](F)(F)F.[K+]. The largest absolute Gasteiger partial charge is 1.00 e. The molecular formula is C7H14BF3KN. The Morgan fingerprint density at radius 3 is 1.85 bits per heavy atom. The normalized spacial score (nSPS) is 11.2. The van der Waals surface area contributed by atoms with Crippen molar-refractivity contribution < 1.29 is 64.3 Å². The molecule has 72 valence electrons. The summed E-state index contributed by atoms with van der Waals surface area (Å²) in [6, 6.07) is 0. The topological polar surface area (TPSA) is 3.24 Å². The minimum atomic E-state index is -4.85. The number of hydrogen-bond acceptors (Lipinski definition) is 1. The molecule has 6 heteroatoms. The Hall–Kier alpha value is 1.19. The Morgan fingerprint density at radius 2 is 1.62 bits per heavy atom. The maximum Gasteiger partial charge on any atom is 1.00 e. The van der Waals surface area contributed by atoms with Crippen LogP contribution in [0.5, 0.6) is 0 Å². The van der Waals surface area contributed by atoms with E-state index < -0.39 is 12.4 Å². The molecule has 0 aliphatic carbocycles. The van der Waals surface area contributed by atoms with Crippen LogP contribution in [0.15, 0.2) is 12.1 Å². The molecule has 0 aromatic rings. The first-order chi connectivity index (χ1) is 5.41. The fourth-order valence-electron chi connectivity index (χ4n) is 0.838. The number of rotatable bonds is 5. The summed E-state index contributed by atoms with van der Waals surface area (Å²) in [7, 11) is 0. The van der Waals surface area contributed by atoms with Gasteiger partial charge < -0.3 is 17.8 Å². The van der Waals surface area contributed by atoms with Crippen LogP contribution in [0.3, 0.4) is 0 Å². The molecule has 1 nitrogen and oxygen atoms in total. The molecule has 0 aliphatic heterocycles. The Bertz CT molecular complexity index is 156. The van der Waals surface area contributed by atoms with Crippen LogP contribution in [0.4, 0.5) is 12.9 Å². The second-order valence-electron chi connectivity index (χ2n) is 2.69. The smallest absolute Gasteiger partial charge is 0.445 e. The predicted octanol–water partition coefficient (Wildman–Crippen LogP) is -0.725. The average Bonchev–Trinajstić information content (AvgIpc) is 1.97. The van der Waals surface area contributed by atoms with E-state index in [2.05, 4.69) is 6.58 Å². The van der Waals surface area contributed by atoms with Crippen molar-refractivity contribution in [3.8, 4) is 0 Å². The van der Waals surface area contributed by atoms with E-state index in [0.29, 0.717) is 13.1 Å². The van der Waals surface area contributed by atoms with Crippen molar-refractivity contribution in [2.75, 3.05) is 19.6 Å². The molecule has 0 bridgehead atoms. The molecule has 0 unspecified atom stereocenters. The molecule has 0 saturated heterocycles. The minimum absolute atomic E-state index is 0. The third-order valence-corrected chi connectivity index (χ3v) is 1.78. The van der Waals surface area contributed by atoms with Crippen molar-refractivity contribution in [2.24, 2.45) is 0 Å². The van der Waals surface area contributed by atoms with Crippen molar-refractivity contribution >= 4 is 6.98 Å². The van der Waals surface area contributed by atoms with Gasteiger partial charge in [0.05, 0.1) is 0 Å². The van der Waals surface area contributed by atoms with Gasteiger partial charge >= 0.3 is 58.4 Å². The number of halogens is 3. The van der Waals surface area contributed by atoms with Gasteiger partial charge in [0.2, 0.25) is 0 Å².